The van der Waals surface area contributed by atoms with Crippen LogP contribution in [0.2, 0.25) is 0 Å². The third-order valence-corrected chi connectivity index (χ3v) is 3.56. The number of hydrogen-bond donors (Lipinski definition) is 1. The van der Waals surface area contributed by atoms with Gasteiger partial charge in [-0.1, -0.05) is 30.9 Å². The van der Waals surface area contributed by atoms with Crippen LogP contribution in [0, 0.1) is 13.8 Å². The lowest BCUT2D eigenvalue weighted by Gasteiger charge is -2.18. The van der Waals surface area contributed by atoms with Crippen molar-refractivity contribution in [1.29, 1.82) is 0 Å². The minimum atomic E-state index is -0.596. The van der Waals surface area contributed by atoms with Crippen LogP contribution in [0.4, 0.5) is 5.69 Å². The van der Waals surface area contributed by atoms with E-state index in [1.165, 1.54) is 0 Å². The van der Waals surface area contributed by atoms with Crippen molar-refractivity contribution in [3.05, 3.63) is 66.2 Å². The Labute approximate surface area is 143 Å². The van der Waals surface area contributed by atoms with E-state index in [0.717, 1.165) is 22.6 Å². The van der Waals surface area contributed by atoms with Crippen LogP contribution < -0.4 is 14.8 Å². The molecule has 0 aliphatic heterocycles. The molecule has 0 aliphatic carbocycles. The van der Waals surface area contributed by atoms with Gasteiger partial charge in [0.05, 0.1) is 0 Å². The minimum absolute atomic E-state index is 0.197. The Morgan fingerprint density at radius 2 is 1.79 bits per heavy atom. The van der Waals surface area contributed by atoms with Crippen LogP contribution in [0.5, 0.6) is 11.5 Å². The number of ether oxygens (including phenoxy) is 2. The molecule has 1 atom stereocenters. The van der Waals surface area contributed by atoms with E-state index in [-0.39, 0.29) is 5.91 Å². The summed E-state index contributed by atoms with van der Waals surface area (Å²) in [5.74, 6) is 1.29. The molecule has 4 heteroatoms. The molecule has 0 heterocycles. The molecular formula is C20H23NO3. The second-order valence-electron chi connectivity index (χ2n) is 5.59. The molecule has 126 valence electrons. The first-order chi connectivity index (χ1) is 11.5. The second-order valence-corrected chi connectivity index (χ2v) is 5.59. The highest BCUT2D eigenvalue weighted by Gasteiger charge is 2.17. The van der Waals surface area contributed by atoms with E-state index in [4.69, 9.17) is 9.47 Å². The fourth-order valence-electron chi connectivity index (χ4n) is 2.25. The number of anilines is 1. The summed E-state index contributed by atoms with van der Waals surface area (Å²) < 4.78 is 11.3. The van der Waals surface area contributed by atoms with Crippen molar-refractivity contribution in [2.75, 3.05) is 11.9 Å². The topological polar surface area (TPSA) is 47.6 Å². The Kier molecular flexibility index (Phi) is 6.01. The molecule has 0 aromatic heterocycles. The van der Waals surface area contributed by atoms with Gasteiger partial charge in [-0.05, 0) is 56.2 Å². The predicted molar refractivity (Wildman–Crippen MR) is 96.8 cm³/mol. The summed E-state index contributed by atoms with van der Waals surface area (Å²) >= 11 is 0. The fraction of sp³-hybridized carbons (Fsp3) is 0.250. The molecular weight excluding hydrogens is 302 g/mol. The molecule has 1 N–H and O–H groups in total. The Bertz CT molecular complexity index is 687. The average Bonchev–Trinajstić information content (AvgIpc) is 2.57. The van der Waals surface area contributed by atoms with Gasteiger partial charge in [-0.2, -0.15) is 0 Å². The molecule has 0 unspecified atom stereocenters. The highest BCUT2D eigenvalue weighted by atomic mass is 16.5. The van der Waals surface area contributed by atoms with E-state index < -0.39 is 6.10 Å². The highest BCUT2D eigenvalue weighted by molar-refractivity contribution is 5.94. The van der Waals surface area contributed by atoms with Crippen molar-refractivity contribution in [1.82, 2.24) is 0 Å². The van der Waals surface area contributed by atoms with Crippen molar-refractivity contribution in [2.24, 2.45) is 0 Å². The highest BCUT2D eigenvalue weighted by Crippen LogP contribution is 2.24. The summed E-state index contributed by atoms with van der Waals surface area (Å²) in [6, 6.07) is 13.1. The predicted octanol–water partition coefficient (Wildman–Crippen LogP) is 4.27. The fourth-order valence-corrected chi connectivity index (χ4v) is 2.25. The summed E-state index contributed by atoms with van der Waals surface area (Å²) in [6.45, 7) is 9.73. The van der Waals surface area contributed by atoms with E-state index >= 15 is 0 Å². The zero-order valence-corrected chi connectivity index (χ0v) is 14.3. The van der Waals surface area contributed by atoms with E-state index in [2.05, 4.69) is 11.9 Å². The molecule has 0 bridgehead atoms. The summed E-state index contributed by atoms with van der Waals surface area (Å²) in [5.41, 5.74) is 2.72. The monoisotopic (exact) mass is 325 g/mol. The first-order valence-electron chi connectivity index (χ1n) is 7.88. The average molecular weight is 325 g/mol. The lowest BCUT2D eigenvalue weighted by atomic mass is 10.1. The third kappa shape index (κ3) is 4.62. The quantitative estimate of drug-likeness (QED) is 0.773. The van der Waals surface area contributed by atoms with Gasteiger partial charge in [0.2, 0.25) is 0 Å². The van der Waals surface area contributed by atoms with Crippen LogP contribution in [0.1, 0.15) is 18.1 Å². The normalized spacial score (nSPS) is 11.5. The zero-order valence-electron chi connectivity index (χ0n) is 14.3. The zero-order chi connectivity index (χ0) is 17.5. The lowest BCUT2D eigenvalue weighted by Crippen LogP contribution is -2.30. The largest absolute Gasteiger partial charge is 0.490 e. The number of carbonyl (C=O) groups is 1. The first kappa shape index (κ1) is 17.6. The van der Waals surface area contributed by atoms with Crippen LogP contribution in [-0.4, -0.2) is 18.6 Å². The summed E-state index contributed by atoms with van der Waals surface area (Å²) in [5, 5.41) is 2.84. The van der Waals surface area contributed by atoms with E-state index in [9.17, 15) is 4.79 Å². The molecule has 24 heavy (non-hydrogen) atoms. The molecule has 2 rings (SSSR count). The number of benzene rings is 2. The van der Waals surface area contributed by atoms with Crippen molar-refractivity contribution in [2.45, 2.75) is 26.9 Å². The van der Waals surface area contributed by atoms with Gasteiger partial charge in [-0.25, -0.2) is 0 Å². The first-order valence-corrected chi connectivity index (χ1v) is 7.88. The molecule has 2 aromatic rings. The van der Waals surface area contributed by atoms with E-state index in [1.807, 2.05) is 32.0 Å². The molecule has 0 aliphatic rings. The Morgan fingerprint density at radius 1 is 1.17 bits per heavy atom. The number of rotatable bonds is 7. The standard InChI is InChI=1S/C20H23NO3/c1-5-13-23-18-11-9-17(10-12-18)21-20(22)16(4)24-19-14(2)7-6-8-15(19)3/h5-12,16H,1,13H2,2-4H3,(H,21,22)/t16-/m0/s1. The molecule has 4 nitrogen and oxygen atoms in total. The number of amides is 1. The Morgan fingerprint density at radius 3 is 2.38 bits per heavy atom. The van der Waals surface area contributed by atoms with E-state index in [0.29, 0.717) is 12.3 Å². The summed E-state index contributed by atoms with van der Waals surface area (Å²) in [6.07, 6.45) is 1.09. The van der Waals surface area contributed by atoms with Crippen LogP contribution >= 0.6 is 0 Å². The molecule has 0 saturated carbocycles. The SMILES string of the molecule is C=CCOc1ccc(NC(=O)[C@H](C)Oc2c(C)cccc2C)cc1. The van der Waals surface area contributed by atoms with Gasteiger partial charge in [0.1, 0.15) is 18.1 Å². The van der Waals surface area contributed by atoms with Crippen LogP contribution in [0.3, 0.4) is 0 Å². The number of aryl methyl sites for hydroxylation is 2. The number of nitrogens with one attached hydrogen (secondary N) is 1. The third-order valence-electron chi connectivity index (χ3n) is 3.56. The van der Waals surface area contributed by atoms with Gasteiger partial charge < -0.3 is 14.8 Å². The molecule has 0 spiro atoms. The Balaban J connectivity index is 1.97. The van der Waals surface area contributed by atoms with Gasteiger partial charge in [-0.3, -0.25) is 4.79 Å². The second kappa shape index (κ2) is 8.20. The van der Waals surface area contributed by atoms with E-state index in [1.54, 1.807) is 37.3 Å². The van der Waals surface area contributed by atoms with Crippen molar-refractivity contribution in [3.63, 3.8) is 0 Å². The number of carbonyl (C=O) groups excluding carboxylic acids is 1. The van der Waals surface area contributed by atoms with Crippen molar-refractivity contribution < 1.29 is 14.3 Å². The molecule has 0 radical (unpaired) electrons. The van der Waals surface area contributed by atoms with Gasteiger partial charge in [0.25, 0.3) is 5.91 Å². The van der Waals surface area contributed by atoms with Crippen LogP contribution in [0.15, 0.2) is 55.1 Å². The minimum Gasteiger partial charge on any atom is -0.490 e. The smallest absolute Gasteiger partial charge is 0.265 e. The number of para-hydroxylation sites is 1. The van der Waals surface area contributed by atoms with Gasteiger partial charge in [0, 0.05) is 5.69 Å². The summed E-state index contributed by atoms with van der Waals surface area (Å²) in [7, 11) is 0. The molecule has 1 amide bonds. The van der Waals surface area contributed by atoms with Crippen molar-refractivity contribution in [3.8, 4) is 11.5 Å². The maximum absolute atomic E-state index is 12.3. The number of hydrogen-bond acceptors (Lipinski definition) is 3. The summed E-state index contributed by atoms with van der Waals surface area (Å²) in [4.78, 5) is 12.3. The van der Waals surface area contributed by atoms with Gasteiger partial charge in [-0.15, -0.1) is 0 Å². The maximum atomic E-state index is 12.3. The van der Waals surface area contributed by atoms with Crippen LogP contribution in [-0.2, 0) is 4.79 Å². The molecule has 0 saturated heterocycles. The molecule has 2 aromatic carbocycles. The van der Waals surface area contributed by atoms with Gasteiger partial charge >= 0.3 is 0 Å². The molecule has 0 fully saturated rings. The maximum Gasteiger partial charge on any atom is 0.265 e. The van der Waals surface area contributed by atoms with Gasteiger partial charge in [0.15, 0.2) is 6.10 Å². The lowest BCUT2D eigenvalue weighted by molar-refractivity contribution is -0.122. The Hall–Kier alpha value is -2.75. The van der Waals surface area contributed by atoms with Crippen LogP contribution in [0.25, 0.3) is 0 Å². The van der Waals surface area contributed by atoms with Crippen molar-refractivity contribution >= 4 is 11.6 Å².